The van der Waals surface area contributed by atoms with E-state index in [4.69, 9.17) is 0 Å². The summed E-state index contributed by atoms with van der Waals surface area (Å²) in [6.45, 7) is 5.45. The first-order valence-corrected chi connectivity index (χ1v) is 4.63. The van der Waals surface area contributed by atoms with E-state index in [1.165, 1.54) is 6.07 Å². The Labute approximate surface area is 87.4 Å². The Kier molecular flexibility index (Phi) is 3.72. The van der Waals surface area contributed by atoms with Crippen molar-refractivity contribution in [3.8, 4) is 0 Å². The average molecular weight is 210 g/mol. The van der Waals surface area contributed by atoms with Gasteiger partial charge in [-0.1, -0.05) is 5.57 Å². The summed E-state index contributed by atoms with van der Waals surface area (Å²) in [6.07, 6.45) is 0.730. The minimum absolute atomic E-state index is 0.0577. The molecule has 0 fully saturated rings. The third-order valence-corrected chi connectivity index (χ3v) is 2.01. The molecule has 3 heteroatoms. The number of allylic oxidation sites excluding steroid dienone is 1. The smallest absolute Gasteiger partial charge is 0.166 e. The van der Waals surface area contributed by atoms with Gasteiger partial charge in [-0.15, -0.1) is 6.58 Å². The van der Waals surface area contributed by atoms with Gasteiger partial charge in [0.1, 0.15) is 11.6 Å². The van der Waals surface area contributed by atoms with Gasteiger partial charge in [0, 0.05) is 12.5 Å². The van der Waals surface area contributed by atoms with Crippen molar-refractivity contribution in [2.75, 3.05) is 0 Å². The van der Waals surface area contributed by atoms with Crippen molar-refractivity contribution in [3.05, 3.63) is 47.5 Å². The number of benzene rings is 1. The fourth-order valence-corrected chi connectivity index (χ4v) is 1.18. The van der Waals surface area contributed by atoms with Gasteiger partial charge in [0.15, 0.2) is 5.78 Å². The largest absolute Gasteiger partial charge is 0.294 e. The van der Waals surface area contributed by atoms with Gasteiger partial charge in [-0.05, 0) is 25.5 Å². The minimum Gasteiger partial charge on any atom is -0.294 e. The second kappa shape index (κ2) is 4.82. The lowest BCUT2D eigenvalue weighted by Gasteiger charge is -2.02. The molecule has 1 rings (SSSR count). The van der Waals surface area contributed by atoms with Crippen LogP contribution in [0.1, 0.15) is 30.1 Å². The van der Waals surface area contributed by atoms with E-state index in [-0.39, 0.29) is 17.8 Å². The predicted octanol–water partition coefficient (Wildman–Crippen LogP) is 3.50. The van der Waals surface area contributed by atoms with Crippen molar-refractivity contribution in [1.82, 2.24) is 0 Å². The molecule has 0 spiro atoms. The van der Waals surface area contributed by atoms with Crippen LogP contribution in [0.25, 0.3) is 0 Å². The molecule has 0 atom stereocenters. The molecule has 0 bridgehead atoms. The zero-order valence-electron chi connectivity index (χ0n) is 8.52. The van der Waals surface area contributed by atoms with Gasteiger partial charge in [-0.2, -0.15) is 0 Å². The van der Waals surface area contributed by atoms with E-state index in [9.17, 15) is 13.6 Å². The zero-order chi connectivity index (χ0) is 11.4. The Morgan fingerprint density at radius 3 is 2.53 bits per heavy atom. The molecular formula is C12H12F2O. The normalized spacial score (nSPS) is 10.1. The highest BCUT2D eigenvalue weighted by atomic mass is 19.1. The number of carbonyl (C=O) groups is 1. The molecule has 15 heavy (non-hydrogen) atoms. The number of Topliss-reactive ketones (excluding diaryl/α,β-unsaturated/α-hetero) is 1. The summed E-state index contributed by atoms with van der Waals surface area (Å²) in [5, 5.41) is 0. The number of carbonyl (C=O) groups excluding carboxylic acids is 1. The molecule has 1 aromatic carbocycles. The molecule has 0 aliphatic rings. The topological polar surface area (TPSA) is 17.1 Å². The summed E-state index contributed by atoms with van der Waals surface area (Å²) >= 11 is 0. The monoisotopic (exact) mass is 210 g/mol. The number of rotatable bonds is 4. The Hall–Kier alpha value is -1.51. The van der Waals surface area contributed by atoms with Crippen molar-refractivity contribution in [2.24, 2.45) is 0 Å². The highest BCUT2D eigenvalue weighted by molar-refractivity contribution is 5.96. The molecule has 0 saturated heterocycles. The minimum atomic E-state index is -0.804. The van der Waals surface area contributed by atoms with Gasteiger partial charge >= 0.3 is 0 Å². The maximum Gasteiger partial charge on any atom is 0.166 e. The van der Waals surface area contributed by atoms with Crippen LogP contribution in [0.2, 0.25) is 0 Å². The van der Waals surface area contributed by atoms with Crippen molar-refractivity contribution >= 4 is 5.78 Å². The molecule has 0 N–H and O–H groups in total. The molecule has 0 aromatic heterocycles. The van der Waals surface area contributed by atoms with E-state index >= 15 is 0 Å². The van der Waals surface area contributed by atoms with Crippen LogP contribution in [0, 0.1) is 11.6 Å². The van der Waals surface area contributed by atoms with E-state index in [1.807, 2.05) is 0 Å². The predicted molar refractivity (Wildman–Crippen MR) is 54.7 cm³/mol. The van der Waals surface area contributed by atoms with Crippen molar-refractivity contribution < 1.29 is 13.6 Å². The first-order chi connectivity index (χ1) is 7.00. The summed E-state index contributed by atoms with van der Waals surface area (Å²) in [7, 11) is 0. The van der Waals surface area contributed by atoms with E-state index in [0.29, 0.717) is 12.5 Å². The molecule has 0 aliphatic carbocycles. The zero-order valence-corrected chi connectivity index (χ0v) is 8.52. The quantitative estimate of drug-likeness (QED) is 0.549. The summed E-state index contributed by atoms with van der Waals surface area (Å²) in [4.78, 5) is 11.5. The summed E-state index contributed by atoms with van der Waals surface area (Å²) < 4.78 is 25.7. The number of hydrogen-bond donors (Lipinski definition) is 0. The number of ketones is 1. The molecule has 80 valence electrons. The van der Waals surface area contributed by atoms with E-state index in [1.54, 1.807) is 6.92 Å². The van der Waals surface area contributed by atoms with Gasteiger partial charge in [0.25, 0.3) is 0 Å². The fraction of sp³-hybridized carbons (Fsp3) is 0.250. The molecule has 0 heterocycles. The van der Waals surface area contributed by atoms with Crippen LogP contribution >= 0.6 is 0 Å². The van der Waals surface area contributed by atoms with Gasteiger partial charge in [-0.3, -0.25) is 4.79 Å². The second-order valence-electron chi connectivity index (χ2n) is 3.50. The third-order valence-electron chi connectivity index (χ3n) is 2.01. The fourth-order valence-electron chi connectivity index (χ4n) is 1.18. The Balaban J connectivity index is 2.78. The van der Waals surface area contributed by atoms with Crippen molar-refractivity contribution in [3.63, 3.8) is 0 Å². The van der Waals surface area contributed by atoms with Crippen LogP contribution in [0.5, 0.6) is 0 Å². The van der Waals surface area contributed by atoms with Gasteiger partial charge in [0.2, 0.25) is 0 Å². The molecule has 0 saturated carbocycles. The Morgan fingerprint density at radius 1 is 1.33 bits per heavy atom. The maximum atomic E-state index is 13.1. The van der Waals surface area contributed by atoms with Crippen LogP contribution in [0.4, 0.5) is 8.78 Å². The van der Waals surface area contributed by atoms with E-state index in [2.05, 4.69) is 6.58 Å². The van der Waals surface area contributed by atoms with Gasteiger partial charge in [-0.25, -0.2) is 8.78 Å². The van der Waals surface area contributed by atoms with E-state index < -0.39 is 11.6 Å². The molecule has 0 aliphatic heterocycles. The second-order valence-corrected chi connectivity index (χ2v) is 3.50. The third kappa shape index (κ3) is 3.27. The highest BCUT2D eigenvalue weighted by Crippen LogP contribution is 2.14. The maximum absolute atomic E-state index is 13.1. The first-order valence-electron chi connectivity index (χ1n) is 4.63. The van der Waals surface area contributed by atoms with Gasteiger partial charge < -0.3 is 0 Å². The van der Waals surface area contributed by atoms with Crippen molar-refractivity contribution in [1.29, 1.82) is 0 Å². The SMILES string of the molecule is C=C(C)CCC(=O)c1ccc(F)cc1F. The lowest BCUT2D eigenvalue weighted by molar-refractivity contribution is 0.0979. The summed E-state index contributed by atoms with van der Waals surface area (Å²) in [6, 6.07) is 2.97. The number of hydrogen-bond acceptors (Lipinski definition) is 1. The van der Waals surface area contributed by atoms with Crippen LogP contribution in [-0.2, 0) is 0 Å². The molecule has 1 nitrogen and oxygen atoms in total. The highest BCUT2D eigenvalue weighted by Gasteiger charge is 2.11. The lowest BCUT2D eigenvalue weighted by atomic mass is 10.0. The lowest BCUT2D eigenvalue weighted by Crippen LogP contribution is -2.02. The van der Waals surface area contributed by atoms with Crippen molar-refractivity contribution in [2.45, 2.75) is 19.8 Å². The average Bonchev–Trinajstić information content (AvgIpc) is 2.14. The van der Waals surface area contributed by atoms with Crippen LogP contribution in [0.15, 0.2) is 30.4 Å². The van der Waals surface area contributed by atoms with Crippen LogP contribution in [-0.4, -0.2) is 5.78 Å². The first kappa shape index (κ1) is 11.6. The number of halogens is 2. The standard InChI is InChI=1S/C12H12F2O/c1-8(2)3-6-12(15)10-5-4-9(13)7-11(10)14/h4-5,7H,1,3,6H2,2H3. The Bertz CT molecular complexity index is 397. The summed E-state index contributed by atoms with van der Waals surface area (Å²) in [5.41, 5.74) is 0.809. The molecule has 1 aromatic rings. The van der Waals surface area contributed by atoms with Gasteiger partial charge in [0.05, 0.1) is 5.56 Å². The van der Waals surface area contributed by atoms with Crippen LogP contribution in [0.3, 0.4) is 0 Å². The van der Waals surface area contributed by atoms with E-state index in [0.717, 1.165) is 11.6 Å². The molecule has 0 unspecified atom stereocenters. The Morgan fingerprint density at radius 2 is 2.00 bits per heavy atom. The summed E-state index contributed by atoms with van der Waals surface area (Å²) in [5.74, 6) is -1.80. The van der Waals surface area contributed by atoms with Crippen LogP contribution < -0.4 is 0 Å². The molecular weight excluding hydrogens is 198 g/mol. The molecule has 0 amide bonds. The molecule has 0 radical (unpaired) electrons.